The zero-order valence-electron chi connectivity index (χ0n) is 13.8. The fourth-order valence-electron chi connectivity index (χ4n) is 3.29. The van der Waals surface area contributed by atoms with Crippen LogP contribution in [0.5, 0.6) is 0 Å². The molecule has 3 N–H and O–H groups in total. The summed E-state index contributed by atoms with van der Waals surface area (Å²) in [6, 6.07) is 3.28. The van der Waals surface area contributed by atoms with Crippen LogP contribution in [0.3, 0.4) is 0 Å². The Morgan fingerprint density at radius 3 is 2.88 bits per heavy atom. The van der Waals surface area contributed by atoms with E-state index < -0.39 is 0 Å². The highest BCUT2D eigenvalue weighted by atomic mass is 16.3. The van der Waals surface area contributed by atoms with Crippen molar-refractivity contribution in [2.75, 3.05) is 6.61 Å². The van der Waals surface area contributed by atoms with Gasteiger partial charge in [-0.1, -0.05) is 0 Å². The molecule has 2 aromatic rings. The van der Waals surface area contributed by atoms with Crippen molar-refractivity contribution in [2.24, 2.45) is 0 Å². The lowest BCUT2D eigenvalue weighted by Crippen LogP contribution is -2.44. The molecule has 2 heterocycles. The van der Waals surface area contributed by atoms with Gasteiger partial charge >= 0.3 is 0 Å². The van der Waals surface area contributed by atoms with Gasteiger partial charge in [-0.05, 0) is 31.7 Å². The number of hydrogen-bond acceptors (Lipinski definition) is 5. The minimum absolute atomic E-state index is 0.0645. The van der Waals surface area contributed by atoms with Gasteiger partial charge in [0.2, 0.25) is 0 Å². The van der Waals surface area contributed by atoms with Gasteiger partial charge in [0.15, 0.2) is 0 Å². The van der Waals surface area contributed by atoms with E-state index in [-0.39, 0.29) is 30.0 Å². The highest BCUT2D eigenvalue weighted by molar-refractivity contribution is 5.92. The SMILES string of the molecule is O=C(NC1CC(c2cc(=O)[nH]c(C3CC3)n2)C1)c1ccnn1CCO. The molecule has 8 nitrogen and oxygen atoms in total. The number of rotatable bonds is 6. The normalized spacial score (nSPS) is 22.4. The van der Waals surface area contributed by atoms with Crippen LogP contribution in [0.4, 0.5) is 0 Å². The Kier molecular flexibility index (Phi) is 4.12. The summed E-state index contributed by atoms with van der Waals surface area (Å²) >= 11 is 0. The summed E-state index contributed by atoms with van der Waals surface area (Å²) in [4.78, 5) is 31.6. The van der Waals surface area contributed by atoms with Crippen LogP contribution in [-0.2, 0) is 6.54 Å². The molecule has 0 aromatic carbocycles. The number of aromatic amines is 1. The maximum Gasteiger partial charge on any atom is 0.269 e. The van der Waals surface area contributed by atoms with Crippen LogP contribution in [0.2, 0.25) is 0 Å². The van der Waals surface area contributed by atoms with E-state index in [0.717, 1.165) is 37.2 Å². The number of amides is 1. The lowest BCUT2D eigenvalue weighted by atomic mass is 9.78. The van der Waals surface area contributed by atoms with Crippen LogP contribution in [0, 0.1) is 0 Å². The molecule has 2 fully saturated rings. The number of aliphatic hydroxyl groups excluding tert-OH is 1. The molecule has 0 aliphatic heterocycles. The van der Waals surface area contributed by atoms with Gasteiger partial charge < -0.3 is 15.4 Å². The van der Waals surface area contributed by atoms with Crippen LogP contribution in [-0.4, -0.2) is 43.4 Å². The summed E-state index contributed by atoms with van der Waals surface area (Å²) < 4.78 is 1.49. The van der Waals surface area contributed by atoms with E-state index in [0.29, 0.717) is 18.2 Å². The van der Waals surface area contributed by atoms with Crippen molar-refractivity contribution in [1.29, 1.82) is 0 Å². The second-order valence-corrected chi connectivity index (χ2v) is 6.83. The molecule has 0 unspecified atom stereocenters. The van der Waals surface area contributed by atoms with E-state index in [4.69, 9.17) is 5.11 Å². The van der Waals surface area contributed by atoms with Crippen LogP contribution in [0.15, 0.2) is 23.1 Å². The zero-order chi connectivity index (χ0) is 17.4. The number of hydrogen-bond donors (Lipinski definition) is 3. The van der Waals surface area contributed by atoms with Crippen LogP contribution >= 0.6 is 0 Å². The molecule has 0 radical (unpaired) electrons. The van der Waals surface area contributed by atoms with Crippen LogP contribution in [0.1, 0.15) is 59.5 Å². The first-order valence-corrected chi connectivity index (χ1v) is 8.68. The van der Waals surface area contributed by atoms with Crippen LogP contribution in [0.25, 0.3) is 0 Å². The monoisotopic (exact) mass is 343 g/mol. The Morgan fingerprint density at radius 1 is 1.36 bits per heavy atom. The van der Waals surface area contributed by atoms with Crippen molar-refractivity contribution in [2.45, 2.75) is 50.1 Å². The molecule has 1 amide bonds. The smallest absolute Gasteiger partial charge is 0.269 e. The largest absolute Gasteiger partial charge is 0.394 e. The maximum atomic E-state index is 12.3. The lowest BCUT2D eigenvalue weighted by molar-refractivity contribution is 0.0895. The summed E-state index contributed by atoms with van der Waals surface area (Å²) in [7, 11) is 0. The van der Waals surface area contributed by atoms with E-state index in [1.54, 1.807) is 18.3 Å². The third-order valence-corrected chi connectivity index (χ3v) is 4.90. The number of carbonyl (C=O) groups excluding carboxylic acids is 1. The van der Waals surface area contributed by atoms with Gasteiger partial charge in [-0.3, -0.25) is 14.3 Å². The molecule has 8 heteroatoms. The van der Waals surface area contributed by atoms with Crippen molar-refractivity contribution in [3.05, 3.63) is 45.9 Å². The first kappa shape index (κ1) is 16.0. The van der Waals surface area contributed by atoms with Gasteiger partial charge in [0.25, 0.3) is 11.5 Å². The van der Waals surface area contributed by atoms with Crippen molar-refractivity contribution in [1.82, 2.24) is 25.1 Å². The van der Waals surface area contributed by atoms with Gasteiger partial charge in [0.1, 0.15) is 11.5 Å². The van der Waals surface area contributed by atoms with Crippen LogP contribution < -0.4 is 10.9 Å². The van der Waals surface area contributed by atoms with Gasteiger partial charge in [0, 0.05) is 30.1 Å². The molecule has 0 atom stereocenters. The molecule has 25 heavy (non-hydrogen) atoms. The zero-order valence-corrected chi connectivity index (χ0v) is 13.8. The van der Waals surface area contributed by atoms with Crippen molar-refractivity contribution >= 4 is 5.91 Å². The Morgan fingerprint density at radius 2 is 2.16 bits per heavy atom. The van der Waals surface area contributed by atoms with E-state index in [1.807, 2.05) is 0 Å². The Hall–Kier alpha value is -2.48. The molecule has 2 aliphatic rings. The van der Waals surface area contributed by atoms with E-state index >= 15 is 0 Å². The van der Waals surface area contributed by atoms with E-state index in [9.17, 15) is 9.59 Å². The highest BCUT2D eigenvalue weighted by Gasteiger charge is 2.34. The number of aromatic nitrogens is 4. The minimum atomic E-state index is -0.188. The van der Waals surface area contributed by atoms with Crippen molar-refractivity contribution in [3.63, 3.8) is 0 Å². The second kappa shape index (κ2) is 6.44. The Bertz CT molecular complexity index is 833. The average molecular weight is 343 g/mol. The van der Waals surface area contributed by atoms with Crippen molar-refractivity contribution in [3.8, 4) is 0 Å². The number of carbonyl (C=O) groups is 1. The molecule has 0 spiro atoms. The summed E-state index contributed by atoms with van der Waals surface area (Å²) in [5, 5.41) is 16.0. The number of nitrogens with zero attached hydrogens (tertiary/aromatic N) is 3. The molecule has 2 saturated carbocycles. The number of aliphatic hydroxyl groups is 1. The number of H-pyrrole nitrogens is 1. The molecule has 132 valence electrons. The maximum absolute atomic E-state index is 12.3. The molecule has 2 aliphatic carbocycles. The first-order valence-electron chi connectivity index (χ1n) is 8.68. The molecule has 0 bridgehead atoms. The predicted octanol–water partition coefficient (Wildman–Crippen LogP) is 0.512. The Labute approximate surface area is 144 Å². The molecular weight excluding hydrogens is 322 g/mol. The minimum Gasteiger partial charge on any atom is -0.394 e. The number of nitrogens with one attached hydrogen (secondary N) is 2. The van der Waals surface area contributed by atoms with E-state index in [1.165, 1.54) is 4.68 Å². The summed E-state index contributed by atoms with van der Waals surface area (Å²) in [5.74, 6) is 1.25. The summed E-state index contributed by atoms with van der Waals surface area (Å²) in [6.45, 7) is 0.231. The lowest BCUT2D eigenvalue weighted by Gasteiger charge is -2.35. The van der Waals surface area contributed by atoms with Gasteiger partial charge in [-0.2, -0.15) is 5.10 Å². The second-order valence-electron chi connectivity index (χ2n) is 6.83. The first-order chi connectivity index (χ1) is 12.1. The topological polar surface area (TPSA) is 113 Å². The van der Waals surface area contributed by atoms with E-state index in [2.05, 4.69) is 20.4 Å². The fraction of sp³-hybridized carbons (Fsp3) is 0.529. The third kappa shape index (κ3) is 3.34. The average Bonchev–Trinajstić information content (AvgIpc) is 3.30. The fourth-order valence-corrected chi connectivity index (χ4v) is 3.29. The molecule has 2 aromatic heterocycles. The van der Waals surface area contributed by atoms with Gasteiger partial charge in [-0.15, -0.1) is 0 Å². The van der Waals surface area contributed by atoms with Gasteiger partial charge in [-0.25, -0.2) is 4.98 Å². The summed E-state index contributed by atoms with van der Waals surface area (Å²) in [6.07, 6.45) is 5.29. The molecule has 4 rings (SSSR count). The third-order valence-electron chi connectivity index (χ3n) is 4.90. The van der Waals surface area contributed by atoms with Gasteiger partial charge in [0.05, 0.1) is 18.8 Å². The predicted molar refractivity (Wildman–Crippen MR) is 89.4 cm³/mol. The van der Waals surface area contributed by atoms with Crippen molar-refractivity contribution < 1.29 is 9.90 Å². The quantitative estimate of drug-likeness (QED) is 0.707. The standard InChI is InChI=1S/C17H21N5O3/c23-6-5-22-14(3-4-18-22)17(25)19-12-7-11(8-12)13-9-15(24)21-16(20-13)10-1-2-10/h3-4,9-12,23H,1-2,5-8H2,(H,19,25)(H,20,21,24). The summed E-state index contributed by atoms with van der Waals surface area (Å²) in [5.41, 5.74) is 1.19. The Balaban J connectivity index is 1.37. The molecular formula is C17H21N5O3. The highest BCUT2D eigenvalue weighted by Crippen LogP contribution is 2.40. The molecule has 0 saturated heterocycles.